The smallest absolute Gasteiger partial charge is 0.0786 e. The quantitative estimate of drug-likeness (QED) is 0.0737. The highest BCUT2D eigenvalue weighted by molar-refractivity contribution is 4.50. The zero-order chi connectivity index (χ0) is 29.5. The second-order valence-corrected chi connectivity index (χ2v) is 11.5. The number of unbranched alkanes of at least 4 members (excludes halogenated alkanes) is 8. The lowest BCUT2D eigenvalue weighted by atomic mass is 10.1. The molecule has 0 aromatic rings. The van der Waals surface area contributed by atoms with E-state index in [-0.39, 0.29) is 4.70 Å². The summed E-state index contributed by atoms with van der Waals surface area (Å²) in [6.45, 7) is 30.0. The first kappa shape index (κ1) is 45.1. The summed E-state index contributed by atoms with van der Waals surface area (Å²) in [5.41, 5.74) is 0. The Hall–Kier alpha value is -0.950. The average Bonchev–Trinajstić information content (AvgIpc) is 2.91. The molecule has 0 saturated heterocycles. The molecule has 0 fully saturated rings. The Morgan fingerprint density at radius 3 is 0.564 bits per heavy atom. The van der Waals surface area contributed by atoms with Crippen molar-refractivity contribution in [3.8, 4) is 0 Å². The van der Waals surface area contributed by atoms with E-state index in [1.807, 2.05) is 0 Å². The van der Waals surface area contributed by atoms with Gasteiger partial charge in [-0.2, -0.15) is 0 Å². The molecule has 0 atom stereocenters. The van der Waals surface area contributed by atoms with Gasteiger partial charge in [0.05, 0.1) is 57.4 Å². The summed E-state index contributed by atoms with van der Waals surface area (Å²) in [5, 5.41) is 14.8. The van der Waals surface area contributed by atoms with E-state index in [2.05, 4.69) is 55.4 Å². The molecule has 0 aromatic heterocycles. The number of hydrogen-bond acceptors (Lipinski definition) is 3. The molecular formula is C32H72FN3O3. The summed E-state index contributed by atoms with van der Waals surface area (Å²) in [5.74, 6) is 0. The van der Waals surface area contributed by atoms with Crippen molar-refractivity contribution in [3.63, 3.8) is 0 Å². The molecule has 0 aliphatic rings. The second-order valence-electron chi connectivity index (χ2n) is 11.5. The van der Waals surface area contributed by atoms with Crippen LogP contribution in [0.1, 0.15) is 158 Å². The van der Waals surface area contributed by atoms with Gasteiger partial charge >= 0.3 is 0 Å². The Balaban J connectivity index is -0.000000270. The average molecular weight is 566 g/mol. The lowest BCUT2D eigenvalue weighted by Gasteiger charge is -2.39. The van der Waals surface area contributed by atoms with E-state index < -0.39 is 5.09 Å². The van der Waals surface area contributed by atoms with E-state index in [0.717, 1.165) is 0 Å². The van der Waals surface area contributed by atoms with Crippen LogP contribution in [-0.4, -0.2) is 66.4 Å². The summed E-state index contributed by atoms with van der Waals surface area (Å²) in [4.78, 5) is 8.25. The first-order chi connectivity index (χ1) is 18.2. The molecule has 0 radical (unpaired) electrons. The minimum atomic E-state index is -1.75. The number of hydrogen-bond donors (Lipinski definition) is 0. The van der Waals surface area contributed by atoms with E-state index in [0.29, 0.717) is 0 Å². The van der Waals surface area contributed by atoms with Gasteiger partial charge in [0.1, 0.15) is 0 Å². The summed E-state index contributed by atoms with van der Waals surface area (Å²) >= 11 is 0. The molecule has 0 unspecified atom stereocenters. The van der Waals surface area contributed by atoms with Crippen LogP contribution in [0.25, 0.3) is 0 Å². The molecule has 0 aliphatic heterocycles. The maximum atomic E-state index is 8.25. The molecule has 0 heterocycles. The third kappa shape index (κ3) is 29.8. The molecule has 0 aromatic carbocycles. The highest BCUT2D eigenvalue weighted by Gasteiger charge is 2.25. The van der Waals surface area contributed by atoms with Crippen molar-refractivity contribution in [2.75, 3.05) is 52.4 Å². The van der Waals surface area contributed by atoms with Crippen LogP contribution in [0.3, 0.4) is 0 Å². The van der Waals surface area contributed by atoms with Crippen molar-refractivity contribution in [2.45, 2.75) is 158 Å². The fourth-order valence-electron chi connectivity index (χ4n) is 5.29. The third-order valence-electron chi connectivity index (χ3n) is 7.89. The first-order valence-electron chi connectivity index (χ1n) is 16.7. The van der Waals surface area contributed by atoms with E-state index in [4.69, 9.17) is 15.3 Å². The van der Waals surface area contributed by atoms with Crippen molar-refractivity contribution in [1.82, 2.24) is 0 Å². The van der Waals surface area contributed by atoms with Crippen molar-refractivity contribution < 1.29 is 18.8 Å². The molecule has 0 saturated carbocycles. The molecule has 39 heavy (non-hydrogen) atoms. The number of rotatable bonds is 24. The van der Waals surface area contributed by atoms with Crippen LogP contribution >= 0.6 is 0 Å². The van der Waals surface area contributed by atoms with E-state index in [1.54, 1.807) is 0 Å². The highest BCUT2D eigenvalue weighted by atomic mass is 19.0. The second kappa shape index (κ2) is 33.3. The number of nitrogens with zero attached hydrogens (tertiary/aromatic N) is 3. The molecule has 0 spiro atoms. The normalized spacial score (nSPS) is 11.1. The van der Waals surface area contributed by atoms with Crippen LogP contribution in [0.2, 0.25) is 0 Å². The Kier molecular flexibility index (Phi) is 38.4. The van der Waals surface area contributed by atoms with E-state index >= 15 is 0 Å². The SMILES string of the molecule is CCCC[N+](CCCC)(CCCC)CCCC.CCCC[N+](CCCC)(CCCC)CCCC.O=[N+]([O-])[O-].[F-]. The lowest BCUT2D eigenvalue weighted by molar-refractivity contribution is -0.929. The lowest BCUT2D eigenvalue weighted by Crippen LogP contribution is -3.00. The Bertz CT molecular complexity index is 367. The van der Waals surface area contributed by atoms with Crippen LogP contribution in [0.5, 0.6) is 0 Å². The zero-order valence-corrected chi connectivity index (χ0v) is 27.9. The molecule has 0 amide bonds. The van der Waals surface area contributed by atoms with Crippen molar-refractivity contribution >= 4 is 0 Å². The maximum absolute atomic E-state index is 8.25. The molecular weight excluding hydrogens is 493 g/mol. The largest absolute Gasteiger partial charge is 1.00 e. The standard InChI is InChI=1S/2C16H36N.FH.NO3/c2*1-5-9-13-17(14-10-6-2,15-11-7-3)16-12-8-4;;2-1(3)4/h2*5-16H2,1-4H3;1H;/q2*+1;;-1/p-1. The van der Waals surface area contributed by atoms with Gasteiger partial charge in [-0.15, -0.1) is 0 Å². The van der Waals surface area contributed by atoms with Gasteiger partial charge in [-0.3, -0.25) is 0 Å². The van der Waals surface area contributed by atoms with Crippen LogP contribution in [0.15, 0.2) is 0 Å². The van der Waals surface area contributed by atoms with Gasteiger partial charge in [-0.1, -0.05) is 107 Å². The number of quaternary nitrogens is 2. The molecule has 6 nitrogen and oxygen atoms in total. The van der Waals surface area contributed by atoms with Gasteiger partial charge in [-0.25, -0.2) is 0 Å². The summed E-state index contributed by atoms with van der Waals surface area (Å²) < 4.78 is 2.84. The maximum Gasteiger partial charge on any atom is 0.0786 e. The first-order valence-corrected chi connectivity index (χ1v) is 16.7. The van der Waals surface area contributed by atoms with Gasteiger partial charge in [0.25, 0.3) is 0 Å². The van der Waals surface area contributed by atoms with Gasteiger partial charge < -0.3 is 29.0 Å². The zero-order valence-electron chi connectivity index (χ0n) is 27.9. The predicted molar refractivity (Wildman–Crippen MR) is 169 cm³/mol. The van der Waals surface area contributed by atoms with Gasteiger partial charge in [0.2, 0.25) is 0 Å². The molecule has 0 rings (SSSR count). The van der Waals surface area contributed by atoms with Gasteiger partial charge in [-0.05, 0) is 51.4 Å². The minimum Gasteiger partial charge on any atom is -1.00 e. The van der Waals surface area contributed by atoms with Crippen LogP contribution in [0, 0.1) is 15.3 Å². The van der Waals surface area contributed by atoms with Crippen LogP contribution in [0.4, 0.5) is 0 Å². The predicted octanol–water partition coefficient (Wildman–Crippen LogP) is 6.77. The van der Waals surface area contributed by atoms with Gasteiger partial charge in [0, 0.05) is 0 Å². The fourth-order valence-corrected chi connectivity index (χ4v) is 5.29. The van der Waals surface area contributed by atoms with Crippen molar-refractivity contribution in [1.29, 1.82) is 0 Å². The Morgan fingerprint density at radius 1 is 0.385 bits per heavy atom. The van der Waals surface area contributed by atoms with Crippen LogP contribution in [-0.2, 0) is 0 Å². The molecule has 240 valence electrons. The Morgan fingerprint density at radius 2 is 0.487 bits per heavy atom. The molecule has 0 N–H and O–H groups in total. The molecule has 0 bridgehead atoms. The summed E-state index contributed by atoms with van der Waals surface area (Å²) in [6, 6.07) is 0. The van der Waals surface area contributed by atoms with E-state index in [1.165, 1.54) is 164 Å². The molecule has 7 heteroatoms. The van der Waals surface area contributed by atoms with Crippen molar-refractivity contribution in [3.05, 3.63) is 15.3 Å². The molecule has 0 aliphatic carbocycles. The summed E-state index contributed by atoms with van der Waals surface area (Å²) in [6.07, 6.45) is 22.1. The number of halogens is 1. The third-order valence-corrected chi connectivity index (χ3v) is 7.89. The topological polar surface area (TPSA) is 66.2 Å². The van der Waals surface area contributed by atoms with E-state index in [9.17, 15) is 0 Å². The summed E-state index contributed by atoms with van der Waals surface area (Å²) in [7, 11) is 0. The monoisotopic (exact) mass is 566 g/mol. The fraction of sp³-hybridized carbons (Fsp3) is 1.00. The Labute approximate surface area is 244 Å². The minimum absolute atomic E-state index is 0. The van der Waals surface area contributed by atoms with Gasteiger partial charge in [0.15, 0.2) is 0 Å². The highest BCUT2D eigenvalue weighted by Crippen LogP contribution is 2.17. The van der Waals surface area contributed by atoms with Crippen molar-refractivity contribution in [2.24, 2.45) is 0 Å². The van der Waals surface area contributed by atoms with Crippen LogP contribution < -0.4 is 4.70 Å².